The molecular weight excluding hydrogens is 414 g/mol. The summed E-state index contributed by atoms with van der Waals surface area (Å²) in [5, 5.41) is 5.12. The molecule has 31 heavy (non-hydrogen) atoms. The highest BCUT2D eigenvalue weighted by atomic mass is 32.1. The number of rotatable bonds is 9. The summed E-state index contributed by atoms with van der Waals surface area (Å²) in [6, 6.07) is 7.63. The van der Waals surface area contributed by atoms with Crippen LogP contribution in [0.2, 0.25) is 0 Å². The van der Waals surface area contributed by atoms with Gasteiger partial charge in [0, 0.05) is 38.9 Å². The van der Waals surface area contributed by atoms with Crippen LogP contribution in [0.25, 0.3) is 10.2 Å². The molecule has 1 saturated heterocycles. The Hall–Kier alpha value is -2.49. The number of fused-ring (bicyclic) bond motifs is 1. The maximum atomic E-state index is 13.4. The van der Waals surface area contributed by atoms with E-state index >= 15 is 0 Å². The Balaban J connectivity index is 1.56. The van der Waals surface area contributed by atoms with E-state index in [0.717, 1.165) is 61.8 Å². The summed E-state index contributed by atoms with van der Waals surface area (Å²) in [6.07, 6.45) is 2.70. The first-order valence-electron chi connectivity index (χ1n) is 10.9. The van der Waals surface area contributed by atoms with E-state index in [4.69, 9.17) is 14.5 Å². The molecule has 4 rings (SSSR count). The molecule has 3 aromatic rings. The highest BCUT2D eigenvalue weighted by Gasteiger charge is 2.23. The van der Waals surface area contributed by atoms with Crippen molar-refractivity contribution in [1.82, 2.24) is 19.7 Å². The molecule has 0 N–H and O–H groups in total. The summed E-state index contributed by atoms with van der Waals surface area (Å²) in [6.45, 7) is 10.3. The fourth-order valence-electron chi connectivity index (χ4n) is 3.62. The number of aryl methyl sites for hydroxylation is 1. The van der Waals surface area contributed by atoms with Crippen LogP contribution in [0, 0.1) is 0 Å². The Morgan fingerprint density at radius 1 is 1.26 bits per heavy atom. The maximum absolute atomic E-state index is 13.4. The molecule has 1 aliphatic heterocycles. The van der Waals surface area contributed by atoms with Crippen molar-refractivity contribution in [3.63, 3.8) is 0 Å². The van der Waals surface area contributed by atoms with Crippen LogP contribution in [-0.2, 0) is 11.3 Å². The third kappa shape index (κ3) is 5.23. The average Bonchev–Trinajstić information content (AvgIpc) is 3.44. The van der Waals surface area contributed by atoms with Gasteiger partial charge < -0.3 is 9.47 Å². The van der Waals surface area contributed by atoms with Crippen LogP contribution in [0.5, 0.6) is 5.75 Å². The summed E-state index contributed by atoms with van der Waals surface area (Å²) in [7, 11) is 0. The van der Waals surface area contributed by atoms with Gasteiger partial charge in [-0.05, 0) is 44.5 Å². The zero-order valence-electron chi connectivity index (χ0n) is 18.1. The summed E-state index contributed by atoms with van der Waals surface area (Å²) in [4.78, 5) is 22.3. The van der Waals surface area contributed by atoms with E-state index in [1.807, 2.05) is 38.2 Å². The van der Waals surface area contributed by atoms with Crippen molar-refractivity contribution in [3.8, 4) is 5.75 Å². The molecule has 2 aromatic heterocycles. The molecule has 1 aliphatic rings. The number of thiazole rings is 1. The molecule has 0 saturated carbocycles. The first-order valence-corrected chi connectivity index (χ1v) is 11.7. The van der Waals surface area contributed by atoms with Crippen LogP contribution < -0.4 is 9.64 Å². The predicted molar refractivity (Wildman–Crippen MR) is 122 cm³/mol. The van der Waals surface area contributed by atoms with Crippen molar-refractivity contribution < 1.29 is 14.3 Å². The van der Waals surface area contributed by atoms with E-state index in [0.29, 0.717) is 24.0 Å². The van der Waals surface area contributed by atoms with E-state index in [1.165, 1.54) is 11.3 Å². The minimum Gasteiger partial charge on any atom is -0.494 e. The van der Waals surface area contributed by atoms with Gasteiger partial charge in [-0.25, -0.2) is 4.98 Å². The molecule has 1 aromatic carbocycles. The van der Waals surface area contributed by atoms with Crippen LogP contribution in [0.4, 0.5) is 5.13 Å². The lowest BCUT2D eigenvalue weighted by molar-refractivity contribution is 0.0376. The summed E-state index contributed by atoms with van der Waals surface area (Å²) in [5.74, 6) is 0.704. The lowest BCUT2D eigenvalue weighted by atomic mass is 10.3. The predicted octanol–water partition coefficient (Wildman–Crippen LogP) is 3.28. The molecule has 166 valence electrons. The number of aromatic nitrogens is 3. The second kappa shape index (κ2) is 10.2. The van der Waals surface area contributed by atoms with Crippen LogP contribution in [0.15, 0.2) is 30.5 Å². The van der Waals surface area contributed by atoms with Gasteiger partial charge in [-0.2, -0.15) is 5.10 Å². The SMILES string of the molecule is CCOc1ccc2nc(N(CCCN3CCOCC3)C(=O)c3ccn(CC)n3)sc2c1. The van der Waals surface area contributed by atoms with Gasteiger partial charge in [0.15, 0.2) is 10.8 Å². The first-order chi connectivity index (χ1) is 15.2. The van der Waals surface area contributed by atoms with Gasteiger partial charge in [-0.3, -0.25) is 19.3 Å². The normalized spacial score (nSPS) is 14.8. The number of anilines is 1. The fourth-order valence-corrected chi connectivity index (χ4v) is 4.63. The zero-order valence-corrected chi connectivity index (χ0v) is 18.9. The Kier molecular flexibility index (Phi) is 7.16. The molecule has 0 radical (unpaired) electrons. The van der Waals surface area contributed by atoms with Gasteiger partial charge in [-0.15, -0.1) is 0 Å². The Bertz CT molecular complexity index is 1010. The number of nitrogens with zero attached hydrogens (tertiary/aromatic N) is 5. The smallest absolute Gasteiger partial charge is 0.280 e. The number of ether oxygens (including phenoxy) is 2. The minimum atomic E-state index is -0.113. The number of carbonyl (C=O) groups excluding carboxylic acids is 1. The number of morpholine rings is 1. The molecule has 0 spiro atoms. The number of benzene rings is 1. The van der Waals surface area contributed by atoms with Gasteiger partial charge >= 0.3 is 0 Å². The third-order valence-corrected chi connectivity index (χ3v) is 6.32. The highest BCUT2D eigenvalue weighted by Crippen LogP contribution is 2.32. The average molecular weight is 444 g/mol. The van der Waals surface area contributed by atoms with Crippen molar-refractivity contribution in [1.29, 1.82) is 0 Å². The zero-order chi connectivity index (χ0) is 21.6. The van der Waals surface area contributed by atoms with Crippen molar-refractivity contribution >= 4 is 32.6 Å². The topological polar surface area (TPSA) is 72.7 Å². The van der Waals surface area contributed by atoms with Crippen molar-refractivity contribution in [2.75, 3.05) is 50.9 Å². The molecule has 0 aliphatic carbocycles. The highest BCUT2D eigenvalue weighted by molar-refractivity contribution is 7.22. The molecule has 0 atom stereocenters. The molecule has 3 heterocycles. The Morgan fingerprint density at radius 3 is 2.84 bits per heavy atom. The van der Waals surface area contributed by atoms with E-state index in [9.17, 15) is 4.79 Å². The van der Waals surface area contributed by atoms with Gasteiger partial charge in [0.1, 0.15) is 5.75 Å². The monoisotopic (exact) mass is 443 g/mol. The summed E-state index contributed by atoms with van der Waals surface area (Å²) in [5.41, 5.74) is 1.32. The molecule has 8 nitrogen and oxygen atoms in total. The molecule has 0 bridgehead atoms. The molecule has 0 unspecified atom stereocenters. The van der Waals surface area contributed by atoms with Crippen LogP contribution >= 0.6 is 11.3 Å². The molecular formula is C22H29N5O3S. The van der Waals surface area contributed by atoms with Crippen molar-refractivity contribution in [2.45, 2.75) is 26.8 Å². The third-order valence-electron chi connectivity index (χ3n) is 5.28. The maximum Gasteiger partial charge on any atom is 0.280 e. The van der Waals surface area contributed by atoms with Crippen LogP contribution in [0.3, 0.4) is 0 Å². The van der Waals surface area contributed by atoms with Crippen LogP contribution in [0.1, 0.15) is 30.8 Å². The molecule has 9 heteroatoms. The van der Waals surface area contributed by atoms with E-state index in [1.54, 1.807) is 15.6 Å². The quantitative estimate of drug-likeness (QED) is 0.505. The van der Waals surface area contributed by atoms with E-state index in [2.05, 4.69) is 10.00 Å². The lowest BCUT2D eigenvalue weighted by Gasteiger charge is -2.27. The van der Waals surface area contributed by atoms with Crippen molar-refractivity contribution in [3.05, 3.63) is 36.2 Å². The van der Waals surface area contributed by atoms with Gasteiger partial charge in [-0.1, -0.05) is 11.3 Å². The Morgan fingerprint density at radius 2 is 2.10 bits per heavy atom. The van der Waals surface area contributed by atoms with Crippen molar-refractivity contribution in [2.24, 2.45) is 0 Å². The summed E-state index contributed by atoms with van der Waals surface area (Å²) < 4.78 is 13.8. The Labute approximate surface area is 186 Å². The standard InChI is InChI=1S/C22H29N5O3S/c1-3-26-11-8-19(24-26)21(28)27(10-5-9-25-12-14-29-15-13-25)22-23-18-7-6-17(30-4-2)16-20(18)31-22/h6-8,11,16H,3-5,9-10,12-15H2,1-2H3. The largest absolute Gasteiger partial charge is 0.494 e. The number of hydrogen-bond acceptors (Lipinski definition) is 7. The number of hydrogen-bond donors (Lipinski definition) is 0. The lowest BCUT2D eigenvalue weighted by Crippen LogP contribution is -2.39. The second-order valence-electron chi connectivity index (χ2n) is 7.38. The van der Waals surface area contributed by atoms with Gasteiger partial charge in [0.25, 0.3) is 5.91 Å². The first kappa shape index (κ1) is 21.7. The fraction of sp³-hybridized carbons (Fsp3) is 0.500. The molecule has 1 amide bonds. The number of amides is 1. The summed E-state index contributed by atoms with van der Waals surface area (Å²) >= 11 is 1.51. The van der Waals surface area contributed by atoms with E-state index in [-0.39, 0.29) is 5.91 Å². The number of carbonyl (C=O) groups is 1. The van der Waals surface area contributed by atoms with Gasteiger partial charge in [0.05, 0.1) is 30.0 Å². The van der Waals surface area contributed by atoms with E-state index < -0.39 is 0 Å². The molecule has 1 fully saturated rings. The van der Waals surface area contributed by atoms with Gasteiger partial charge in [0.2, 0.25) is 0 Å². The second-order valence-corrected chi connectivity index (χ2v) is 8.39. The minimum absolute atomic E-state index is 0.113. The van der Waals surface area contributed by atoms with Crippen LogP contribution in [-0.4, -0.2) is 71.6 Å².